The van der Waals surface area contributed by atoms with Gasteiger partial charge in [-0.2, -0.15) is 13.2 Å². The highest BCUT2D eigenvalue weighted by molar-refractivity contribution is 6.74. The van der Waals surface area contributed by atoms with Crippen LogP contribution in [0.2, 0.25) is 18.1 Å². The molecule has 8 heteroatoms. The number of hydrogen-bond acceptors (Lipinski definition) is 4. The summed E-state index contributed by atoms with van der Waals surface area (Å²) in [5, 5.41) is -0.0376. The number of benzene rings is 1. The van der Waals surface area contributed by atoms with E-state index in [1.807, 2.05) is 13.1 Å². The third kappa shape index (κ3) is 5.62. The molecule has 0 spiro atoms. The van der Waals surface area contributed by atoms with E-state index in [1.165, 1.54) is 18.2 Å². The van der Waals surface area contributed by atoms with Crippen LogP contribution in [0.5, 0.6) is 0 Å². The summed E-state index contributed by atoms with van der Waals surface area (Å²) < 4.78 is 57.5. The summed E-state index contributed by atoms with van der Waals surface area (Å²) in [7, 11) is -1.25. The van der Waals surface area contributed by atoms with E-state index in [4.69, 9.17) is 20.3 Å². The van der Waals surface area contributed by atoms with E-state index in [1.54, 1.807) is 0 Å². The highest BCUT2D eigenvalue weighted by Crippen LogP contribution is 2.43. The monoisotopic (exact) mass is 430 g/mol. The Morgan fingerprint density at radius 1 is 1.17 bits per heavy atom. The van der Waals surface area contributed by atoms with E-state index in [9.17, 15) is 18.0 Å². The maximum absolute atomic E-state index is 13.9. The third-order valence-electron chi connectivity index (χ3n) is 5.26. The number of alkyl halides is 3. The van der Waals surface area contributed by atoms with Gasteiger partial charge < -0.3 is 13.9 Å². The number of methoxy groups -OCH3 is 1. The van der Waals surface area contributed by atoms with Crippen LogP contribution in [0, 0.1) is 12.3 Å². The molecule has 4 nitrogen and oxygen atoms in total. The van der Waals surface area contributed by atoms with E-state index >= 15 is 0 Å². The standard InChI is InChI=1S/C21H29F3O4Si/c1-8-17(14-15-27-29(6,7)19(2,3)4)28-18(25)20(26-5,21(22,23)24)16-12-10-9-11-13-16/h1,9-13,17H,14-15H2,2-7H3/t17-,20+/m1/s1. The number of carbonyl (C=O) groups is 1. The molecule has 0 radical (unpaired) electrons. The fourth-order valence-electron chi connectivity index (χ4n) is 2.41. The van der Waals surface area contributed by atoms with E-state index in [0.29, 0.717) is 0 Å². The lowest BCUT2D eigenvalue weighted by Gasteiger charge is -2.36. The lowest BCUT2D eigenvalue weighted by molar-refractivity contribution is -0.277. The van der Waals surface area contributed by atoms with Gasteiger partial charge in [0.25, 0.3) is 5.60 Å². The molecule has 29 heavy (non-hydrogen) atoms. The fourth-order valence-corrected chi connectivity index (χ4v) is 3.47. The Morgan fingerprint density at radius 3 is 2.14 bits per heavy atom. The minimum Gasteiger partial charge on any atom is -0.446 e. The van der Waals surface area contributed by atoms with E-state index in [0.717, 1.165) is 19.2 Å². The second kappa shape index (κ2) is 9.33. The maximum Gasteiger partial charge on any atom is 0.432 e. The van der Waals surface area contributed by atoms with Crippen LogP contribution in [-0.2, 0) is 24.3 Å². The molecule has 0 saturated heterocycles. The first-order chi connectivity index (χ1) is 13.2. The molecule has 0 saturated carbocycles. The fraction of sp³-hybridized carbons (Fsp3) is 0.571. The molecule has 2 atom stereocenters. The van der Waals surface area contributed by atoms with E-state index in [2.05, 4.69) is 26.7 Å². The van der Waals surface area contributed by atoms with Gasteiger partial charge in [-0.15, -0.1) is 6.42 Å². The van der Waals surface area contributed by atoms with Crippen LogP contribution in [-0.4, -0.2) is 40.3 Å². The minimum atomic E-state index is -5.04. The first-order valence-electron chi connectivity index (χ1n) is 9.21. The summed E-state index contributed by atoms with van der Waals surface area (Å²) in [4.78, 5) is 12.6. The van der Waals surface area contributed by atoms with Gasteiger partial charge in [-0.05, 0) is 18.1 Å². The van der Waals surface area contributed by atoms with Crippen molar-refractivity contribution in [2.24, 2.45) is 0 Å². The number of carbonyl (C=O) groups excluding carboxylic acids is 1. The molecule has 0 fully saturated rings. The zero-order chi connectivity index (χ0) is 22.5. The number of hydrogen-bond donors (Lipinski definition) is 0. The van der Waals surface area contributed by atoms with Crippen LogP contribution in [0.15, 0.2) is 30.3 Å². The smallest absolute Gasteiger partial charge is 0.432 e. The molecule has 0 heterocycles. The summed E-state index contributed by atoms with van der Waals surface area (Å²) in [5.41, 5.74) is -3.64. The first-order valence-corrected chi connectivity index (χ1v) is 12.1. The van der Waals surface area contributed by atoms with Crippen molar-refractivity contribution in [3.05, 3.63) is 35.9 Å². The largest absolute Gasteiger partial charge is 0.446 e. The van der Waals surface area contributed by atoms with Crippen molar-refractivity contribution in [3.8, 4) is 12.3 Å². The molecule has 0 N–H and O–H groups in total. The van der Waals surface area contributed by atoms with Gasteiger partial charge in [-0.1, -0.05) is 57.0 Å². The molecule has 0 bridgehead atoms. The van der Waals surface area contributed by atoms with Crippen molar-refractivity contribution >= 4 is 14.3 Å². The summed E-state index contributed by atoms with van der Waals surface area (Å²) in [6.07, 6.45) is -0.738. The van der Waals surface area contributed by atoms with Crippen LogP contribution in [0.1, 0.15) is 32.8 Å². The summed E-state index contributed by atoms with van der Waals surface area (Å²) in [6.45, 7) is 10.4. The predicted molar refractivity (Wildman–Crippen MR) is 108 cm³/mol. The van der Waals surface area contributed by atoms with Gasteiger partial charge in [0, 0.05) is 25.7 Å². The number of halogens is 3. The van der Waals surface area contributed by atoms with Crippen LogP contribution in [0.4, 0.5) is 13.2 Å². The molecule has 0 unspecified atom stereocenters. The second-order valence-corrected chi connectivity index (χ2v) is 13.0. The van der Waals surface area contributed by atoms with Crippen molar-refractivity contribution in [2.45, 2.75) is 63.2 Å². The molecule has 0 aromatic heterocycles. The first kappa shape index (κ1) is 25.2. The number of terminal acetylenes is 1. The van der Waals surface area contributed by atoms with Crippen LogP contribution >= 0.6 is 0 Å². The van der Waals surface area contributed by atoms with Crippen LogP contribution in [0.3, 0.4) is 0 Å². The Morgan fingerprint density at radius 2 is 1.72 bits per heavy atom. The molecule has 0 aliphatic heterocycles. The lowest BCUT2D eigenvalue weighted by atomic mass is 9.92. The Kier molecular flexibility index (Phi) is 8.11. The molecule has 1 rings (SSSR count). The summed E-state index contributed by atoms with van der Waals surface area (Å²) in [5.74, 6) is 0.624. The number of ether oxygens (including phenoxy) is 2. The average molecular weight is 431 g/mol. The third-order valence-corrected chi connectivity index (χ3v) is 9.80. The summed E-state index contributed by atoms with van der Waals surface area (Å²) >= 11 is 0. The van der Waals surface area contributed by atoms with Crippen LogP contribution < -0.4 is 0 Å². The van der Waals surface area contributed by atoms with Crippen molar-refractivity contribution in [1.29, 1.82) is 0 Å². The predicted octanol–water partition coefficient (Wildman–Crippen LogP) is 5.05. The maximum atomic E-state index is 13.9. The van der Waals surface area contributed by atoms with Gasteiger partial charge >= 0.3 is 12.1 Å². The average Bonchev–Trinajstić information content (AvgIpc) is 2.60. The molecule has 0 aliphatic carbocycles. The van der Waals surface area contributed by atoms with Crippen molar-refractivity contribution in [2.75, 3.05) is 13.7 Å². The van der Waals surface area contributed by atoms with Gasteiger partial charge in [0.1, 0.15) is 0 Å². The zero-order valence-electron chi connectivity index (χ0n) is 17.7. The van der Waals surface area contributed by atoms with Gasteiger partial charge in [0.15, 0.2) is 14.4 Å². The Bertz CT molecular complexity index is 720. The molecule has 0 amide bonds. The molecule has 1 aromatic rings. The molecule has 162 valence electrons. The summed E-state index contributed by atoms with van der Waals surface area (Å²) in [6, 6.07) is 6.61. The van der Waals surface area contributed by atoms with Crippen LogP contribution in [0.25, 0.3) is 0 Å². The van der Waals surface area contributed by atoms with Crippen molar-refractivity contribution < 1.29 is 31.9 Å². The molecular formula is C21H29F3O4Si. The Labute approximate surface area is 171 Å². The Balaban J connectivity index is 3.00. The zero-order valence-corrected chi connectivity index (χ0v) is 18.7. The molecule has 1 aromatic carbocycles. The SMILES string of the molecule is C#C[C@H](CCO[Si](C)(C)C(C)(C)C)OC(=O)[C@@](OC)(c1ccccc1)C(F)(F)F. The normalized spacial score (nSPS) is 15.9. The molecule has 0 aliphatic rings. The number of esters is 1. The van der Waals surface area contributed by atoms with Gasteiger partial charge in [0.05, 0.1) is 0 Å². The quantitative estimate of drug-likeness (QED) is 0.329. The van der Waals surface area contributed by atoms with Crippen molar-refractivity contribution in [3.63, 3.8) is 0 Å². The van der Waals surface area contributed by atoms with E-state index in [-0.39, 0.29) is 23.6 Å². The topological polar surface area (TPSA) is 44.8 Å². The van der Waals surface area contributed by atoms with Gasteiger partial charge in [-0.25, -0.2) is 4.79 Å². The highest BCUT2D eigenvalue weighted by Gasteiger charge is 2.64. The van der Waals surface area contributed by atoms with Gasteiger partial charge in [-0.3, -0.25) is 0 Å². The molecular weight excluding hydrogens is 401 g/mol. The van der Waals surface area contributed by atoms with Crippen molar-refractivity contribution in [1.82, 2.24) is 0 Å². The van der Waals surface area contributed by atoms with E-state index < -0.39 is 32.2 Å². The van der Waals surface area contributed by atoms with Gasteiger partial charge in [0.2, 0.25) is 0 Å². The Hall–Kier alpha value is -1.82. The highest BCUT2D eigenvalue weighted by atomic mass is 28.4. The second-order valence-electron chi connectivity index (χ2n) is 8.21. The lowest BCUT2D eigenvalue weighted by Crippen LogP contribution is -2.52. The minimum absolute atomic E-state index is 0.0376. The number of rotatable bonds is 8.